The summed E-state index contributed by atoms with van der Waals surface area (Å²) in [6.07, 6.45) is 10.5. The molecule has 0 aromatic rings. The highest BCUT2D eigenvalue weighted by molar-refractivity contribution is 6.03. The van der Waals surface area contributed by atoms with E-state index in [-0.39, 0.29) is 11.1 Å². The minimum absolute atomic E-state index is 0.220. The second kappa shape index (κ2) is 17.1. The molecule has 0 aromatic heterocycles. The van der Waals surface area contributed by atoms with Crippen molar-refractivity contribution in [1.29, 1.82) is 0 Å². The average Bonchev–Trinajstić information content (AvgIpc) is 2.77. The van der Waals surface area contributed by atoms with Gasteiger partial charge in [-0.05, 0) is 24.7 Å². The lowest BCUT2D eigenvalue weighted by Crippen LogP contribution is -2.16. The average molecular weight is 449 g/mol. The first kappa shape index (κ1) is 29.5. The molecular formula is C26H40O6. The van der Waals surface area contributed by atoms with Crippen LogP contribution in [-0.4, -0.2) is 23.9 Å². The van der Waals surface area contributed by atoms with Crippen LogP contribution in [0, 0.1) is 11.8 Å². The largest absolute Gasteiger partial charge is 0.386 e. The van der Waals surface area contributed by atoms with Crippen molar-refractivity contribution in [3.05, 3.63) is 36.5 Å². The quantitative estimate of drug-likeness (QED) is 0.163. The molecule has 0 heterocycles. The van der Waals surface area contributed by atoms with Crippen LogP contribution in [-0.2, 0) is 28.7 Å². The van der Waals surface area contributed by atoms with E-state index >= 15 is 0 Å². The summed E-state index contributed by atoms with van der Waals surface area (Å²) in [4.78, 5) is 47.7. The molecule has 0 aliphatic heterocycles. The van der Waals surface area contributed by atoms with Gasteiger partial charge in [-0.3, -0.25) is 0 Å². The van der Waals surface area contributed by atoms with Crippen LogP contribution >= 0.6 is 0 Å². The first-order valence-corrected chi connectivity index (χ1v) is 11.7. The van der Waals surface area contributed by atoms with E-state index in [1.165, 1.54) is 0 Å². The van der Waals surface area contributed by atoms with Crippen molar-refractivity contribution in [2.75, 3.05) is 0 Å². The smallest absolute Gasteiger partial charge is 0.341 e. The van der Waals surface area contributed by atoms with E-state index in [1.54, 1.807) is 0 Å². The van der Waals surface area contributed by atoms with Gasteiger partial charge in [-0.1, -0.05) is 92.2 Å². The van der Waals surface area contributed by atoms with E-state index < -0.39 is 23.9 Å². The Kier molecular flexibility index (Phi) is 15.8. The number of rotatable bonds is 16. The van der Waals surface area contributed by atoms with E-state index in [2.05, 4.69) is 27.0 Å². The van der Waals surface area contributed by atoms with Crippen LogP contribution in [0.4, 0.5) is 0 Å². The lowest BCUT2D eigenvalue weighted by Gasteiger charge is -2.14. The molecule has 0 radical (unpaired) electrons. The van der Waals surface area contributed by atoms with Crippen molar-refractivity contribution in [3.8, 4) is 0 Å². The second-order valence-electron chi connectivity index (χ2n) is 8.20. The van der Waals surface area contributed by atoms with Crippen LogP contribution in [0.2, 0.25) is 0 Å². The zero-order valence-electron chi connectivity index (χ0n) is 20.2. The van der Waals surface area contributed by atoms with Gasteiger partial charge in [0.2, 0.25) is 0 Å². The zero-order valence-corrected chi connectivity index (χ0v) is 20.2. The Morgan fingerprint density at radius 2 is 1.03 bits per heavy atom. The second-order valence-corrected chi connectivity index (χ2v) is 8.20. The summed E-state index contributed by atoms with van der Waals surface area (Å²) in [7, 11) is 0. The Morgan fingerprint density at radius 1 is 0.688 bits per heavy atom. The summed E-state index contributed by atoms with van der Waals surface area (Å²) < 4.78 is 9.39. The highest BCUT2D eigenvalue weighted by Gasteiger charge is 2.18. The van der Waals surface area contributed by atoms with E-state index in [0.717, 1.165) is 63.5 Å². The van der Waals surface area contributed by atoms with Crippen molar-refractivity contribution in [1.82, 2.24) is 0 Å². The molecule has 0 spiro atoms. The molecule has 0 aromatic carbocycles. The third kappa shape index (κ3) is 13.0. The molecule has 0 aliphatic carbocycles. The van der Waals surface area contributed by atoms with Crippen molar-refractivity contribution < 1.29 is 28.7 Å². The third-order valence-corrected chi connectivity index (χ3v) is 5.48. The molecule has 0 rings (SSSR count). The van der Waals surface area contributed by atoms with Crippen LogP contribution in [0.1, 0.15) is 91.9 Å². The Balaban J connectivity index is 4.54. The number of hydrogen-bond donors (Lipinski definition) is 0. The molecule has 180 valence electrons. The predicted molar refractivity (Wildman–Crippen MR) is 125 cm³/mol. The molecule has 0 aliphatic rings. The Morgan fingerprint density at radius 3 is 1.31 bits per heavy atom. The fourth-order valence-corrected chi connectivity index (χ4v) is 3.28. The SMILES string of the molecule is C=C(CC(CC)CCCC)C(=O)OC(=O)/C=C\C(=O)OC(=O)C(=C)CC(CC)CCCC. The molecule has 0 saturated heterocycles. The zero-order chi connectivity index (χ0) is 24.5. The highest BCUT2D eigenvalue weighted by Crippen LogP contribution is 2.22. The van der Waals surface area contributed by atoms with Gasteiger partial charge in [0, 0.05) is 23.3 Å². The topological polar surface area (TPSA) is 86.7 Å². The Hall–Kier alpha value is -2.50. The summed E-state index contributed by atoms with van der Waals surface area (Å²) in [6.45, 7) is 15.7. The Bertz CT molecular complexity index is 630. The van der Waals surface area contributed by atoms with Gasteiger partial charge < -0.3 is 9.47 Å². The van der Waals surface area contributed by atoms with Crippen molar-refractivity contribution in [3.63, 3.8) is 0 Å². The fourth-order valence-electron chi connectivity index (χ4n) is 3.28. The van der Waals surface area contributed by atoms with Gasteiger partial charge in [-0.25, -0.2) is 19.2 Å². The molecule has 2 atom stereocenters. The molecule has 0 saturated carbocycles. The van der Waals surface area contributed by atoms with E-state index in [0.29, 0.717) is 24.7 Å². The third-order valence-electron chi connectivity index (χ3n) is 5.48. The molecule has 6 nitrogen and oxygen atoms in total. The highest BCUT2D eigenvalue weighted by atomic mass is 16.6. The van der Waals surface area contributed by atoms with E-state index in [4.69, 9.17) is 9.47 Å². The summed E-state index contributed by atoms with van der Waals surface area (Å²) in [5, 5.41) is 0. The van der Waals surface area contributed by atoms with Gasteiger partial charge in [0.05, 0.1) is 0 Å². The standard InChI is InChI=1S/C26H40O6/c1-7-11-13-21(9-3)17-19(5)25(29)31-23(27)15-16-24(28)32-26(30)20(6)18-22(10-4)14-12-8-2/h15-16,21-22H,5-14,17-18H2,1-4H3/b16-15-. The van der Waals surface area contributed by atoms with Crippen LogP contribution in [0.5, 0.6) is 0 Å². The van der Waals surface area contributed by atoms with Gasteiger partial charge in [-0.15, -0.1) is 0 Å². The lowest BCUT2D eigenvalue weighted by molar-refractivity contribution is -0.156. The number of esters is 4. The molecule has 0 fully saturated rings. The fraction of sp³-hybridized carbons (Fsp3) is 0.615. The van der Waals surface area contributed by atoms with Crippen molar-refractivity contribution in [2.45, 2.75) is 91.9 Å². The maximum absolute atomic E-state index is 12.0. The van der Waals surface area contributed by atoms with Crippen molar-refractivity contribution >= 4 is 23.9 Å². The van der Waals surface area contributed by atoms with Crippen LogP contribution in [0.25, 0.3) is 0 Å². The van der Waals surface area contributed by atoms with Gasteiger partial charge in [0.1, 0.15) is 0 Å². The first-order valence-electron chi connectivity index (χ1n) is 11.7. The molecule has 6 heteroatoms. The molecule has 0 amide bonds. The maximum Gasteiger partial charge on any atom is 0.341 e. The lowest BCUT2D eigenvalue weighted by atomic mass is 9.92. The van der Waals surface area contributed by atoms with Crippen LogP contribution < -0.4 is 0 Å². The molecular weight excluding hydrogens is 408 g/mol. The van der Waals surface area contributed by atoms with Gasteiger partial charge in [0.15, 0.2) is 0 Å². The summed E-state index contributed by atoms with van der Waals surface area (Å²) in [5.41, 5.74) is 0.439. The monoisotopic (exact) mass is 448 g/mol. The number of hydrogen-bond acceptors (Lipinski definition) is 6. The number of unbranched alkanes of at least 4 members (excludes halogenated alkanes) is 2. The van der Waals surface area contributed by atoms with Gasteiger partial charge in [0.25, 0.3) is 0 Å². The number of carbonyl (C=O) groups is 4. The molecule has 32 heavy (non-hydrogen) atoms. The van der Waals surface area contributed by atoms with E-state index in [1.807, 2.05) is 13.8 Å². The summed E-state index contributed by atoms with van der Waals surface area (Å²) >= 11 is 0. The van der Waals surface area contributed by atoms with E-state index in [9.17, 15) is 19.2 Å². The number of ether oxygens (including phenoxy) is 2. The summed E-state index contributed by atoms with van der Waals surface area (Å²) in [6, 6.07) is 0. The Labute approximate surface area is 193 Å². The van der Waals surface area contributed by atoms with Gasteiger partial charge >= 0.3 is 23.9 Å². The normalized spacial score (nSPS) is 12.8. The molecule has 0 N–H and O–H groups in total. The van der Waals surface area contributed by atoms with Crippen molar-refractivity contribution in [2.24, 2.45) is 11.8 Å². The van der Waals surface area contributed by atoms with Crippen LogP contribution in [0.15, 0.2) is 36.5 Å². The minimum atomic E-state index is -1.02. The van der Waals surface area contributed by atoms with Gasteiger partial charge in [-0.2, -0.15) is 0 Å². The first-order chi connectivity index (χ1) is 15.2. The minimum Gasteiger partial charge on any atom is -0.386 e. The maximum atomic E-state index is 12.0. The number of carbonyl (C=O) groups excluding carboxylic acids is 4. The summed E-state index contributed by atoms with van der Waals surface area (Å²) in [5.74, 6) is -3.05. The molecule has 0 bridgehead atoms. The predicted octanol–water partition coefficient (Wildman–Crippen LogP) is 6.01. The van der Waals surface area contributed by atoms with Crippen LogP contribution in [0.3, 0.4) is 0 Å². The molecule has 2 unspecified atom stereocenters.